The fraction of sp³-hybridized carbons (Fsp3) is 0.0588. The standard InChI is InChI=1S/C17H16N2O2/c1-13(11-14-7-3-2-4-8-14)12-18-19-17(21)15-9-5-6-10-16(15)20/h2-12,20H,1H3,(H,19,21)/b13-11+,18-12-. The maximum Gasteiger partial charge on any atom is 0.275 e. The van der Waals surface area contributed by atoms with Crippen molar-refractivity contribution in [3.8, 4) is 5.75 Å². The molecule has 0 spiro atoms. The summed E-state index contributed by atoms with van der Waals surface area (Å²) < 4.78 is 0. The van der Waals surface area contributed by atoms with Crippen molar-refractivity contribution < 1.29 is 9.90 Å². The Kier molecular flexibility index (Phi) is 4.88. The number of benzene rings is 2. The number of phenols is 1. The number of aromatic hydroxyl groups is 1. The molecule has 1 amide bonds. The van der Waals surface area contributed by atoms with Gasteiger partial charge in [0.2, 0.25) is 0 Å². The van der Waals surface area contributed by atoms with E-state index < -0.39 is 5.91 Å². The van der Waals surface area contributed by atoms with Crippen molar-refractivity contribution >= 4 is 18.2 Å². The van der Waals surface area contributed by atoms with Crippen LogP contribution < -0.4 is 5.43 Å². The first-order chi connectivity index (χ1) is 10.2. The third kappa shape index (κ3) is 4.31. The molecule has 0 aliphatic rings. The van der Waals surface area contributed by atoms with Gasteiger partial charge < -0.3 is 5.11 Å². The lowest BCUT2D eigenvalue weighted by atomic mass is 10.1. The number of carbonyl (C=O) groups excluding carboxylic acids is 1. The van der Waals surface area contributed by atoms with Crippen LogP contribution in [-0.2, 0) is 0 Å². The van der Waals surface area contributed by atoms with Crippen LogP contribution in [0.2, 0.25) is 0 Å². The number of carbonyl (C=O) groups is 1. The number of allylic oxidation sites excluding steroid dienone is 1. The molecule has 0 atom stereocenters. The second kappa shape index (κ2) is 7.05. The van der Waals surface area contributed by atoms with Crippen molar-refractivity contribution in [2.75, 3.05) is 0 Å². The lowest BCUT2D eigenvalue weighted by Gasteiger charge is -2.01. The SMILES string of the molecule is CC(/C=N\NC(=O)c1ccccc1O)=C\c1ccccc1. The van der Waals surface area contributed by atoms with Gasteiger partial charge in [-0.1, -0.05) is 48.5 Å². The van der Waals surface area contributed by atoms with Gasteiger partial charge in [-0.15, -0.1) is 0 Å². The molecule has 4 nitrogen and oxygen atoms in total. The van der Waals surface area contributed by atoms with Gasteiger partial charge in [0.25, 0.3) is 5.91 Å². The van der Waals surface area contributed by atoms with E-state index in [0.29, 0.717) is 0 Å². The number of nitrogens with one attached hydrogen (secondary N) is 1. The van der Waals surface area contributed by atoms with E-state index in [2.05, 4.69) is 10.5 Å². The summed E-state index contributed by atoms with van der Waals surface area (Å²) in [5.74, 6) is -0.515. The van der Waals surface area contributed by atoms with Crippen LogP contribution in [0.15, 0.2) is 65.3 Å². The van der Waals surface area contributed by atoms with E-state index in [1.54, 1.807) is 18.3 Å². The predicted octanol–water partition coefficient (Wildman–Crippen LogP) is 3.21. The van der Waals surface area contributed by atoms with Crippen LogP contribution in [0.5, 0.6) is 5.75 Å². The molecule has 0 saturated carbocycles. The number of amides is 1. The van der Waals surface area contributed by atoms with Crippen LogP contribution in [0.1, 0.15) is 22.8 Å². The number of hydrazone groups is 1. The van der Waals surface area contributed by atoms with Crippen molar-refractivity contribution in [1.82, 2.24) is 5.43 Å². The number of phenolic OH excluding ortho intramolecular Hbond substituents is 1. The van der Waals surface area contributed by atoms with Crippen molar-refractivity contribution in [3.05, 3.63) is 71.3 Å². The minimum atomic E-state index is -0.447. The highest BCUT2D eigenvalue weighted by Gasteiger charge is 2.08. The maximum atomic E-state index is 11.8. The highest BCUT2D eigenvalue weighted by atomic mass is 16.3. The second-order valence-electron chi connectivity index (χ2n) is 4.52. The van der Waals surface area contributed by atoms with Crippen LogP contribution >= 0.6 is 0 Å². The van der Waals surface area contributed by atoms with Crippen molar-refractivity contribution in [1.29, 1.82) is 0 Å². The van der Waals surface area contributed by atoms with Crippen LogP contribution in [0.25, 0.3) is 6.08 Å². The molecule has 0 aliphatic heterocycles. The minimum Gasteiger partial charge on any atom is -0.507 e. The Balaban J connectivity index is 1.98. The molecule has 2 aromatic rings. The molecule has 106 valence electrons. The van der Waals surface area contributed by atoms with E-state index in [0.717, 1.165) is 11.1 Å². The second-order valence-corrected chi connectivity index (χ2v) is 4.52. The van der Waals surface area contributed by atoms with Gasteiger partial charge >= 0.3 is 0 Å². The van der Waals surface area contributed by atoms with Gasteiger partial charge in [-0.2, -0.15) is 5.10 Å². The van der Waals surface area contributed by atoms with Gasteiger partial charge in [0.15, 0.2) is 0 Å². The van der Waals surface area contributed by atoms with E-state index >= 15 is 0 Å². The Morgan fingerprint density at radius 2 is 1.76 bits per heavy atom. The summed E-state index contributed by atoms with van der Waals surface area (Å²) in [6.07, 6.45) is 3.51. The minimum absolute atomic E-state index is 0.0678. The Hall–Kier alpha value is -2.88. The molecule has 0 saturated heterocycles. The quantitative estimate of drug-likeness (QED) is 0.667. The summed E-state index contributed by atoms with van der Waals surface area (Å²) in [5.41, 5.74) is 4.55. The molecule has 4 heteroatoms. The molecule has 0 aromatic heterocycles. The molecule has 2 aromatic carbocycles. The average molecular weight is 280 g/mol. The highest BCUT2D eigenvalue weighted by molar-refractivity contribution is 5.97. The summed E-state index contributed by atoms with van der Waals surface area (Å²) in [5, 5.41) is 13.4. The number of hydrogen-bond acceptors (Lipinski definition) is 3. The van der Waals surface area contributed by atoms with Crippen LogP contribution in [0.4, 0.5) is 0 Å². The lowest BCUT2D eigenvalue weighted by Crippen LogP contribution is -2.17. The summed E-state index contributed by atoms with van der Waals surface area (Å²) in [7, 11) is 0. The third-order valence-corrected chi connectivity index (χ3v) is 2.78. The molecule has 0 unspecified atom stereocenters. The molecule has 0 aliphatic carbocycles. The fourth-order valence-electron chi connectivity index (χ4n) is 1.77. The topological polar surface area (TPSA) is 61.7 Å². The van der Waals surface area contributed by atoms with E-state index in [-0.39, 0.29) is 11.3 Å². The van der Waals surface area contributed by atoms with Crippen LogP contribution in [0.3, 0.4) is 0 Å². The summed E-state index contributed by atoms with van der Waals surface area (Å²) in [6, 6.07) is 16.2. The molecular weight excluding hydrogens is 264 g/mol. The van der Waals surface area contributed by atoms with E-state index in [1.807, 2.05) is 43.3 Å². The molecule has 0 bridgehead atoms. The zero-order valence-corrected chi connectivity index (χ0v) is 11.7. The van der Waals surface area contributed by atoms with Gasteiger partial charge in [0.1, 0.15) is 5.75 Å². The summed E-state index contributed by atoms with van der Waals surface area (Å²) in [6.45, 7) is 1.89. The zero-order valence-electron chi connectivity index (χ0n) is 11.7. The number of nitrogens with zero attached hydrogens (tertiary/aromatic N) is 1. The Bertz CT molecular complexity index is 676. The zero-order chi connectivity index (χ0) is 15.1. The van der Waals surface area contributed by atoms with Crippen molar-refractivity contribution in [3.63, 3.8) is 0 Å². The normalized spacial score (nSPS) is 11.6. The Labute approximate surface area is 123 Å². The van der Waals surface area contributed by atoms with Gasteiger partial charge in [0, 0.05) is 0 Å². The monoisotopic (exact) mass is 280 g/mol. The Morgan fingerprint density at radius 1 is 1.10 bits per heavy atom. The smallest absolute Gasteiger partial charge is 0.275 e. The Morgan fingerprint density at radius 3 is 2.48 bits per heavy atom. The predicted molar refractivity (Wildman–Crippen MR) is 84.2 cm³/mol. The van der Waals surface area contributed by atoms with Crippen molar-refractivity contribution in [2.24, 2.45) is 5.10 Å². The van der Waals surface area contributed by atoms with Gasteiger partial charge in [-0.3, -0.25) is 4.79 Å². The number of hydrogen-bond donors (Lipinski definition) is 2. The van der Waals surface area contributed by atoms with Gasteiger partial charge in [0.05, 0.1) is 11.8 Å². The van der Waals surface area contributed by atoms with E-state index in [1.165, 1.54) is 12.1 Å². The first kappa shape index (κ1) is 14.5. The number of para-hydroxylation sites is 1. The summed E-state index contributed by atoms with van der Waals surface area (Å²) in [4.78, 5) is 11.8. The largest absolute Gasteiger partial charge is 0.507 e. The molecular formula is C17H16N2O2. The molecule has 2 N–H and O–H groups in total. The van der Waals surface area contributed by atoms with E-state index in [9.17, 15) is 9.90 Å². The molecule has 0 heterocycles. The highest BCUT2D eigenvalue weighted by Crippen LogP contribution is 2.14. The molecule has 2 rings (SSSR count). The van der Waals surface area contributed by atoms with Gasteiger partial charge in [-0.05, 0) is 30.2 Å². The lowest BCUT2D eigenvalue weighted by molar-refractivity contribution is 0.0952. The fourth-order valence-corrected chi connectivity index (χ4v) is 1.77. The van der Waals surface area contributed by atoms with E-state index in [4.69, 9.17) is 0 Å². The van der Waals surface area contributed by atoms with Crippen LogP contribution in [-0.4, -0.2) is 17.2 Å². The average Bonchev–Trinajstić information content (AvgIpc) is 2.48. The van der Waals surface area contributed by atoms with Crippen LogP contribution in [0, 0.1) is 0 Å². The van der Waals surface area contributed by atoms with Crippen molar-refractivity contribution in [2.45, 2.75) is 6.92 Å². The maximum absolute atomic E-state index is 11.8. The summed E-state index contributed by atoms with van der Waals surface area (Å²) >= 11 is 0. The van der Waals surface area contributed by atoms with Gasteiger partial charge in [-0.25, -0.2) is 5.43 Å². The molecule has 0 radical (unpaired) electrons. The molecule has 0 fully saturated rings. The molecule has 21 heavy (non-hydrogen) atoms. The number of rotatable bonds is 4. The first-order valence-corrected chi connectivity index (χ1v) is 6.51. The first-order valence-electron chi connectivity index (χ1n) is 6.51. The third-order valence-electron chi connectivity index (χ3n) is 2.78.